The van der Waals surface area contributed by atoms with Crippen molar-refractivity contribution in [2.24, 2.45) is 5.92 Å². The first-order valence-corrected chi connectivity index (χ1v) is 7.43. The molecule has 0 aromatic heterocycles. The van der Waals surface area contributed by atoms with Gasteiger partial charge in [0.1, 0.15) is 5.82 Å². The smallest absolute Gasteiger partial charge is 0.125 e. The Morgan fingerprint density at radius 2 is 2.20 bits per heavy atom. The summed E-state index contributed by atoms with van der Waals surface area (Å²) < 4.78 is 18.3. The highest BCUT2D eigenvalue weighted by Gasteiger charge is 2.31. The van der Waals surface area contributed by atoms with Crippen molar-refractivity contribution in [3.63, 3.8) is 0 Å². The Kier molecular flexibility index (Phi) is 5.80. The van der Waals surface area contributed by atoms with Crippen molar-refractivity contribution in [1.29, 1.82) is 0 Å². The van der Waals surface area contributed by atoms with E-state index in [1.165, 1.54) is 25.0 Å². The molecule has 0 spiro atoms. The Bertz CT molecular complexity index is 409. The predicted molar refractivity (Wildman–Crippen MR) is 80.5 cm³/mol. The first-order chi connectivity index (χ1) is 9.70. The van der Waals surface area contributed by atoms with Crippen LogP contribution in [-0.4, -0.2) is 44.3 Å². The number of anilines is 1. The molecule has 1 aliphatic rings. The average molecular weight is 280 g/mol. The van der Waals surface area contributed by atoms with Crippen LogP contribution in [0.25, 0.3) is 0 Å². The van der Waals surface area contributed by atoms with E-state index in [2.05, 4.69) is 17.1 Å². The molecule has 1 saturated carbocycles. The van der Waals surface area contributed by atoms with Crippen molar-refractivity contribution in [2.45, 2.75) is 25.8 Å². The van der Waals surface area contributed by atoms with Crippen LogP contribution in [0.15, 0.2) is 24.3 Å². The Morgan fingerprint density at radius 1 is 1.40 bits per heavy atom. The van der Waals surface area contributed by atoms with Crippen molar-refractivity contribution in [1.82, 2.24) is 4.90 Å². The van der Waals surface area contributed by atoms with E-state index in [0.29, 0.717) is 6.04 Å². The number of benzene rings is 1. The number of rotatable bonds is 9. The van der Waals surface area contributed by atoms with Crippen LogP contribution in [0.5, 0.6) is 0 Å². The standard InChI is InChI=1S/C16H25FN2O/c1-13(14-6-7-14)19(10-11-20-2)9-8-18-16-5-3-4-15(17)12-16/h3-5,12-14,18H,6-11H2,1-2H3. The van der Waals surface area contributed by atoms with Crippen LogP contribution in [0.2, 0.25) is 0 Å². The molecular formula is C16H25FN2O. The van der Waals surface area contributed by atoms with Crippen molar-refractivity contribution in [3.8, 4) is 0 Å². The van der Waals surface area contributed by atoms with E-state index in [9.17, 15) is 4.39 Å². The van der Waals surface area contributed by atoms with Gasteiger partial charge < -0.3 is 10.1 Å². The third kappa shape index (κ3) is 4.76. The van der Waals surface area contributed by atoms with E-state index in [-0.39, 0.29) is 5.82 Å². The van der Waals surface area contributed by atoms with E-state index in [0.717, 1.165) is 37.8 Å². The zero-order chi connectivity index (χ0) is 14.4. The van der Waals surface area contributed by atoms with Crippen molar-refractivity contribution < 1.29 is 9.13 Å². The summed E-state index contributed by atoms with van der Waals surface area (Å²) in [6.45, 7) is 5.80. The van der Waals surface area contributed by atoms with Gasteiger partial charge in [0.25, 0.3) is 0 Å². The van der Waals surface area contributed by atoms with Crippen LogP contribution in [-0.2, 0) is 4.74 Å². The quantitative estimate of drug-likeness (QED) is 0.752. The minimum atomic E-state index is -0.197. The molecule has 1 N–H and O–H groups in total. The highest BCUT2D eigenvalue weighted by Crippen LogP contribution is 2.34. The Balaban J connectivity index is 1.78. The van der Waals surface area contributed by atoms with E-state index in [1.54, 1.807) is 13.2 Å². The van der Waals surface area contributed by atoms with E-state index in [4.69, 9.17) is 4.74 Å². The summed E-state index contributed by atoms with van der Waals surface area (Å²) in [7, 11) is 1.74. The second kappa shape index (κ2) is 7.60. The monoisotopic (exact) mass is 280 g/mol. The Morgan fingerprint density at radius 3 is 2.85 bits per heavy atom. The molecule has 0 amide bonds. The number of halogens is 1. The van der Waals surface area contributed by atoms with Crippen LogP contribution in [0.1, 0.15) is 19.8 Å². The first kappa shape index (κ1) is 15.3. The summed E-state index contributed by atoms with van der Waals surface area (Å²) in [5.74, 6) is 0.651. The summed E-state index contributed by atoms with van der Waals surface area (Å²) in [5, 5.41) is 3.28. The molecule has 1 fully saturated rings. The van der Waals surface area contributed by atoms with Gasteiger partial charge in [0.05, 0.1) is 6.61 Å². The number of nitrogens with zero attached hydrogens (tertiary/aromatic N) is 1. The number of ether oxygens (including phenoxy) is 1. The third-order valence-corrected chi connectivity index (χ3v) is 4.02. The largest absolute Gasteiger partial charge is 0.384 e. The topological polar surface area (TPSA) is 24.5 Å². The van der Waals surface area contributed by atoms with E-state index < -0.39 is 0 Å². The van der Waals surface area contributed by atoms with Crippen LogP contribution >= 0.6 is 0 Å². The molecule has 0 heterocycles. The van der Waals surface area contributed by atoms with E-state index >= 15 is 0 Å². The van der Waals surface area contributed by atoms with Gasteiger partial charge in [-0.15, -0.1) is 0 Å². The van der Waals surface area contributed by atoms with Crippen molar-refractivity contribution in [2.75, 3.05) is 38.7 Å². The second-order valence-electron chi connectivity index (χ2n) is 5.54. The number of methoxy groups -OCH3 is 1. The zero-order valence-corrected chi connectivity index (χ0v) is 12.4. The molecule has 2 rings (SSSR count). The lowest BCUT2D eigenvalue weighted by atomic mass is 10.2. The fourth-order valence-electron chi connectivity index (χ4n) is 2.55. The van der Waals surface area contributed by atoms with Gasteiger partial charge in [-0.2, -0.15) is 0 Å². The molecule has 4 heteroatoms. The maximum absolute atomic E-state index is 13.1. The number of nitrogens with one attached hydrogen (secondary N) is 1. The van der Waals surface area contributed by atoms with Crippen LogP contribution < -0.4 is 5.32 Å². The lowest BCUT2D eigenvalue weighted by Crippen LogP contribution is -2.40. The van der Waals surface area contributed by atoms with Gasteiger partial charge in [-0.3, -0.25) is 4.90 Å². The van der Waals surface area contributed by atoms with Crippen molar-refractivity contribution in [3.05, 3.63) is 30.1 Å². The van der Waals surface area contributed by atoms with Gasteiger partial charge in [-0.1, -0.05) is 6.07 Å². The van der Waals surface area contributed by atoms with Crippen molar-refractivity contribution >= 4 is 5.69 Å². The zero-order valence-electron chi connectivity index (χ0n) is 12.4. The molecule has 0 bridgehead atoms. The molecule has 0 radical (unpaired) electrons. The van der Waals surface area contributed by atoms with Gasteiger partial charge in [0.2, 0.25) is 0 Å². The molecular weight excluding hydrogens is 255 g/mol. The summed E-state index contributed by atoms with van der Waals surface area (Å²) in [6, 6.07) is 7.23. The molecule has 0 saturated heterocycles. The molecule has 1 aromatic carbocycles. The lowest BCUT2D eigenvalue weighted by Gasteiger charge is -2.29. The molecule has 112 valence electrons. The molecule has 1 aromatic rings. The predicted octanol–water partition coefficient (Wildman–Crippen LogP) is 2.98. The number of hydrogen-bond acceptors (Lipinski definition) is 3. The van der Waals surface area contributed by atoms with Crippen LogP contribution in [0.3, 0.4) is 0 Å². The maximum atomic E-state index is 13.1. The fraction of sp³-hybridized carbons (Fsp3) is 0.625. The van der Waals surface area contributed by atoms with Gasteiger partial charge >= 0.3 is 0 Å². The lowest BCUT2D eigenvalue weighted by molar-refractivity contribution is 0.120. The van der Waals surface area contributed by atoms with Gasteiger partial charge in [-0.05, 0) is 43.9 Å². The molecule has 3 nitrogen and oxygen atoms in total. The summed E-state index contributed by atoms with van der Waals surface area (Å²) in [4.78, 5) is 2.47. The molecule has 0 aliphatic heterocycles. The third-order valence-electron chi connectivity index (χ3n) is 4.02. The SMILES string of the molecule is COCCN(CCNc1cccc(F)c1)C(C)C1CC1. The summed E-state index contributed by atoms with van der Waals surface area (Å²) in [6.07, 6.45) is 2.70. The Labute approximate surface area is 121 Å². The minimum Gasteiger partial charge on any atom is -0.384 e. The molecule has 20 heavy (non-hydrogen) atoms. The van der Waals surface area contributed by atoms with Crippen LogP contribution in [0, 0.1) is 11.7 Å². The fourth-order valence-corrected chi connectivity index (χ4v) is 2.55. The van der Waals surface area contributed by atoms with Crippen LogP contribution in [0.4, 0.5) is 10.1 Å². The maximum Gasteiger partial charge on any atom is 0.125 e. The first-order valence-electron chi connectivity index (χ1n) is 7.43. The van der Waals surface area contributed by atoms with Gasteiger partial charge in [-0.25, -0.2) is 4.39 Å². The number of hydrogen-bond donors (Lipinski definition) is 1. The molecule has 1 aliphatic carbocycles. The second-order valence-corrected chi connectivity index (χ2v) is 5.54. The summed E-state index contributed by atoms with van der Waals surface area (Å²) >= 11 is 0. The van der Waals surface area contributed by atoms with Gasteiger partial charge in [0, 0.05) is 38.5 Å². The average Bonchev–Trinajstić information content (AvgIpc) is 3.26. The minimum absolute atomic E-state index is 0.197. The summed E-state index contributed by atoms with van der Waals surface area (Å²) in [5.41, 5.74) is 0.843. The van der Waals surface area contributed by atoms with Gasteiger partial charge in [0.15, 0.2) is 0 Å². The molecule has 1 atom stereocenters. The normalized spacial score (nSPS) is 16.4. The Hall–Kier alpha value is -1.13. The highest BCUT2D eigenvalue weighted by atomic mass is 19.1. The van der Waals surface area contributed by atoms with E-state index in [1.807, 2.05) is 6.07 Å². The molecule has 1 unspecified atom stereocenters. The highest BCUT2D eigenvalue weighted by molar-refractivity contribution is 5.42.